The number of fused-ring (bicyclic) bond motifs is 1. The van der Waals surface area contributed by atoms with Gasteiger partial charge in [-0.15, -0.1) is 11.3 Å². The number of rotatable bonds is 4. The Labute approximate surface area is 110 Å². The number of nitrogens with one attached hydrogen (secondary N) is 1. The van der Waals surface area contributed by atoms with Crippen LogP contribution in [0.4, 0.5) is 0 Å². The van der Waals surface area contributed by atoms with E-state index < -0.39 is 0 Å². The summed E-state index contributed by atoms with van der Waals surface area (Å²) < 4.78 is 0. The highest BCUT2D eigenvalue weighted by molar-refractivity contribution is 7.10. The number of aryl methyl sites for hydroxylation is 1. The number of hydrogen-bond donors (Lipinski definition) is 1. The molecule has 0 saturated carbocycles. The van der Waals surface area contributed by atoms with Crippen molar-refractivity contribution < 1.29 is 0 Å². The van der Waals surface area contributed by atoms with Crippen molar-refractivity contribution in [1.82, 2.24) is 5.32 Å². The largest absolute Gasteiger partial charge is 0.310 e. The lowest BCUT2D eigenvalue weighted by Gasteiger charge is -2.25. The van der Waals surface area contributed by atoms with Gasteiger partial charge in [0, 0.05) is 10.9 Å². The van der Waals surface area contributed by atoms with E-state index in [2.05, 4.69) is 37.5 Å². The molecule has 2 rings (SSSR count). The Bertz CT molecular complexity index is 348. The van der Waals surface area contributed by atoms with E-state index in [1.807, 2.05) is 11.3 Å². The van der Waals surface area contributed by atoms with Crippen LogP contribution in [0.15, 0.2) is 11.4 Å². The molecule has 1 heterocycles. The average Bonchev–Trinajstić information content (AvgIpc) is 2.71. The summed E-state index contributed by atoms with van der Waals surface area (Å²) in [5, 5.41) is 5.99. The number of hydrogen-bond acceptors (Lipinski definition) is 2. The Balaban J connectivity index is 1.78. The molecule has 0 fully saturated rings. The zero-order valence-corrected chi connectivity index (χ0v) is 12.2. The standard InChI is InChI=1S/C15H25NS/c1-15(2,3)9-5-10-16-13-6-4-7-14-12(13)8-11-17-14/h8,11,13,16H,4-7,9-10H2,1-3H3. The zero-order chi connectivity index (χ0) is 12.3. The monoisotopic (exact) mass is 251 g/mol. The fraction of sp³-hybridized carbons (Fsp3) is 0.733. The molecule has 1 nitrogen and oxygen atoms in total. The molecule has 0 bridgehead atoms. The van der Waals surface area contributed by atoms with E-state index in [-0.39, 0.29) is 0 Å². The minimum atomic E-state index is 0.474. The van der Waals surface area contributed by atoms with E-state index in [0.29, 0.717) is 11.5 Å². The molecule has 1 aliphatic rings. The van der Waals surface area contributed by atoms with Gasteiger partial charge in [-0.3, -0.25) is 0 Å². The van der Waals surface area contributed by atoms with Gasteiger partial charge < -0.3 is 5.32 Å². The lowest BCUT2D eigenvalue weighted by atomic mass is 9.90. The SMILES string of the molecule is CC(C)(C)CCCNC1CCCc2sccc21. The van der Waals surface area contributed by atoms with Crippen LogP contribution in [0, 0.1) is 5.41 Å². The molecule has 0 aromatic carbocycles. The highest BCUT2D eigenvalue weighted by Gasteiger charge is 2.20. The summed E-state index contributed by atoms with van der Waals surface area (Å²) >= 11 is 1.93. The second kappa shape index (κ2) is 5.53. The first kappa shape index (κ1) is 13.1. The minimum Gasteiger partial charge on any atom is -0.310 e. The first-order valence-corrected chi connectivity index (χ1v) is 7.74. The molecule has 2 heteroatoms. The van der Waals surface area contributed by atoms with Crippen molar-refractivity contribution in [2.75, 3.05) is 6.54 Å². The van der Waals surface area contributed by atoms with Gasteiger partial charge in [0.05, 0.1) is 0 Å². The fourth-order valence-electron chi connectivity index (χ4n) is 2.59. The Hall–Kier alpha value is -0.340. The Morgan fingerprint density at radius 3 is 3.00 bits per heavy atom. The van der Waals surface area contributed by atoms with Crippen LogP contribution in [-0.2, 0) is 6.42 Å². The zero-order valence-electron chi connectivity index (χ0n) is 11.4. The van der Waals surface area contributed by atoms with Crippen molar-refractivity contribution in [3.8, 4) is 0 Å². The van der Waals surface area contributed by atoms with Gasteiger partial charge in [0.1, 0.15) is 0 Å². The maximum absolute atomic E-state index is 3.74. The van der Waals surface area contributed by atoms with Crippen molar-refractivity contribution in [3.05, 3.63) is 21.9 Å². The lowest BCUT2D eigenvalue weighted by molar-refractivity contribution is 0.351. The van der Waals surface area contributed by atoms with Gasteiger partial charge in [0.15, 0.2) is 0 Å². The van der Waals surface area contributed by atoms with Crippen molar-refractivity contribution >= 4 is 11.3 Å². The molecule has 0 amide bonds. The summed E-state index contributed by atoms with van der Waals surface area (Å²) in [6, 6.07) is 2.95. The summed E-state index contributed by atoms with van der Waals surface area (Å²) in [6.45, 7) is 8.14. The summed E-state index contributed by atoms with van der Waals surface area (Å²) in [5.74, 6) is 0. The van der Waals surface area contributed by atoms with Crippen molar-refractivity contribution in [2.24, 2.45) is 5.41 Å². The molecule has 96 valence electrons. The molecule has 0 aliphatic heterocycles. The Morgan fingerprint density at radius 1 is 1.41 bits per heavy atom. The van der Waals surface area contributed by atoms with Crippen LogP contribution < -0.4 is 5.32 Å². The van der Waals surface area contributed by atoms with Crippen LogP contribution in [-0.4, -0.2) is 6.54 Å². The molecular formula is C15H25NS. The highest BCUT2D eigenvalue weighted by atomic mass is 32.1. The van der Waals surface area contributed by atoms with Gasteiger partial charge in [-0.2, -0.15) is 0 Å². The molecular weight excluding hydrogens is 226 g/mol. The van der Waals surface area contributed by atoms with E-state index >= 15 is 0 Å². The Morgan fingerprint density at radius 2 is 2.24 bits per heavy atom. The first-order valence-electron chi connectivity index (χ1n) is 6.86. The maximum Gasteiger partial charge on any atom is 0.0331 e. The molecule has 0 saturated heterocycles. The minimum absolute atomic E-state index is 0.474. The van der Waals surface area contributed by atoms with Crippen LogP contribution in [0.1, 0.15) is 62.9 Å². The molecule has 1 aromatic heterocycles. The van der Waals surface area contributed by atoms with Crippen LogP contribution in [0.5, 0.6) is 0 Å². The summed E-state index contributed by atoms with van der Waals surface area (Å²) in [5.41, 5.74) is 2.05. The third-order valence-electron chi connectivity index (χ3n) is 3.55. The van der Waals surface area contributed by atoms with Crippen molar-refractivity contribution in [1.29, 1.82) is 0 Å². The van der Waals surface area contributed by atoms with E-state index in [4.69, 9.17) is 0 Å². The second-order valence-corrected chi connectivity index (χ2v) is 7.36. The van der Waals surface area contributed by atoms with E-state index in [9.17, 15) is 0 Å². The molecule has 1 aromatic rings. The molecule has 1 atom stereocenters. The summed E-state index contributed by atoms with van der Waals surface area (Å²) in [6.07, 6.45) is 6.57. The molecule has 1 aliphatic carbocycles. The predicted molar refractivity (Wildman–Crippen MR) is 76.7 cm³/mol. The van der Waals surface area contributed by atoms with Gasteiger partial charge >= 0.3 is 0 Å². The normalized spacial score (nSPS) is 20.3. The molecule has 0 radical (unpaired) electrons. The third kappa shape index (κ3) is 3.82. The predicted octanol–water partition coefficient (Wildman–Crippen LogP) is 4.54. The quantitative estimate of drug-likeness (QED) is 0.775. The van der Waals surface area contributed by atoms with Gasteiger partial charge in [0.25, 0.3) is 0 Å². The van der Waals surface area contributed by atoms with Gasteiger partial charge in [-0.25, -0.2) is 0 Å². The molecule has 17 heavy (non-hydrogen) atoms. The van der Waals surface area contributed by atoms with Gasteiger partial charge in [-0.05, 0) is 61.1 Å². The lowest BCUT2D eigenvalue weighted by Crippen LogP contribution is -2.25. The summed E-state index contributed by atoms with van der Waals surface area (Å²) in [7, 11) is 0. The van der Waals surface area contributed by atoms with E-state index in [0.717, 1.165) is 6.54 Å². The molecule has 1 N–H and O–H groups in total. The third-order valence-corrected chi connectivity index (χ3v) is 4.54. The smallest absolute Gasteiger partial charge is 0.0331 e. The van der Waals surface area contributed by atoms with E-state index in [1.54, 1.807) is 10.4 Å². The fourth-order valence-corrected chi connectivity index (χ4v) is 3.58. The van der Waals surface area contributed by atoms with Crippen LogP contribution >= 0.6 is 11.3 Å². The highest BCUT2D eigenvalue weighted by Crippen LogP contribution is 2.33. The van der Waals surface area contributed by atoms with Crippen LogP contribution in [0.3, 0.4) is 0 Å². The maximum atomic E-state index is 3.74. The number of thiophene rings is 1. The Kier molecular flexibility index (Phi) is 4.26. The second-order valence-electron chi connectivity index (χ2n) is 6.36. The van der Waals surface area contributed by atoms with Gasteiger partial charge in [-0.1, -0.05) is 20.8 Å². The molecule has 0 spiro atoms. The first-order chi connectivity index (χ1) is 8.06. The van der Waals surface area contributed by atoms with Crippen LogP contribution in [0.2, 0.25) is 0 Å². The van der Waals surface area contributed by atoms with Crippen molar-refractivity contribution in [2.45, 2.75) is 58.9 Å². The average molecular weight is 251 g/mol. The van der Waals surface area contributed by atoms with E-state index in [1.165, 1.54) is 32.1 Å². The van der Waals surface area contributed by atoms with Gasteiger partial charge in [0.2, 0.25) is 0 Å². The van der Waals surface area contributed by atoms with Crippen molar-refractivity contribution in [3.63, 3.8) is 0 Å². The molecule has 1 unspecified atom stereocenters. The summed E-state index contributed by atoms with van der Waals surface area (Å²) in [4.78, 5) is 1.62. The topological polar surface area (TPSA) is 12.0 Å². The van der Waals surface area contributed by atoms with Crippen LogP contribution in [0.25, 0.3) is 0 Å².